The van der Waals surface area contributed by atoms with Gasteiger partial charge in [0.2, 0.25) is 5.91 Å². The number of methoxy groups -OCH3 is 1. The number of hydrogen-bond donors (Lipinski definition) is 2. The predicted molar refractivity (Wildman–Crippen MR) is 79.4 cm³/mol. The Bertz CT molecular complexity index is 570. The molecule has 1 aromatic carbocycles. The molecular weight excluding hydrogens is 280 g/mol. The lowest BCUT2D eigenvalue weighted by Crippen LogP contribution is -2.25. The van der Waals surface area contributed by atoms with Crippen molar-refractivity contribution in [3.05, 3.63) is 23.8 Å². The van der Waals surface area contributed by atoms with Crippen LogP contribution >= 0.6 is 0 Å². The fourth-order valence-electron chi connectivity index (χ4n) is 1.68. The molecule has 7 heteroatoms. The third-order valence-electron chi connectivity index (χ3n) is 2.64. The fourth-order valence-corrected chi connectivity index (χ4v) is 2.85. The molecule has 0 aliphatic heterocycles. The van der Waals surface area contributed by atoms with E-state index in [9.17, 15) is 13.2 Å². The molecule has 0 radical (unpaired) electrons. The molecular formula is C13H20N2O4S. The van der Waals surface area contributed by atoms with Gasteiger partial charge in [0.1, 0.15) is 5.75 Å². The minimum Gasteiger partial charge on any atom is -0.397 e. The summed E-state index contributed by atoms with van der Waals surface area (Å²) in [6, 6.07) is 5.15. The van der Waals surface area contributed by atoms with Crippen molar-refractivity contribution < 1.29 is 17.9 Å². The van der Waals surface area contributed by atoms with Crippen LogP contribution in [-0.4, -0.2) is 39.5 Å². The van der Waals surface area contributed by atoms with Crippen molar-refractivity contribution in [3.8, 4) is 0 Å². The molecule has 1 rings (SSSR count). The minimum atomic E-state index is -3.43. The van der Waals surface area contributed by atoms with Crippen LogP contribution in [0.3, 0.4) is 0 Å². The first-order valence-electron chi connectivity index (χ1n) is 6.19. The van der Waals surface area contributed by atoms with Gasteiger partial charge in [0.05, 0.1) is 17.1 Å². The molecule has 0 bridgehead atoms. The number of amides is 1. The molecule has 0 atom stereocenters. The van der Waals surface area contributed by atoms with Crippen LogP contribution in [0, 0.1) is 6.92 Å². The highest BCUT2D eigenvalue weighted by molar-refractivity contribution is 7.92. The maximum Gasteiger partial charge on any atom is 0.239 e. The van der Waals surface area contributed by atoms with Gasteiger partial charge in [0.25, 0.3) is 0 Å². The molecule has 0 aliphatic rings. The lowest BCUT2D eigenvalue weighted by molar-refractivity contribution is -0.113. The zero-order valence-corrected chi connectivity index (χ0v) is 12.5. The molecule has 0 unspecified atom stereocenters. The number of ether oxygens (including phenoxy) is 1. The third kappa shape index (κ3) is 5.58. The van der Waals surface area contributed by atoms with Crippen molar-refractivity contribution >= 4 is 27.1 Å². The van der Waals surface area contributed by atoms with Crippen LogP contribution in [0.1, 0.15) is 12.0 Å². The summed E-state index contributed by atoms with van der Waals surface area (Å²) in [6.45, 7) is 2.23. The number of nitrogens with one attached hydrogen (secondary N) is 1. The van der Waals surface area contributed by atoms with Crippen LogP contribution in [0.25, 0.3) is 0 Å². The highest BCUT2D eigenvalue weighted by Crippen LogP contribution is 2.19. The number of nitrogen functional groups attached to an aromatic ring is 1. The molecule has 1 aromatic rings. The second kappa shape index (κ2) is 7.25. The Morgan fingerprint density at radius 2 is 2.10 bits per heavy atom. The van der Waals surface area contributed by atoms with E-state index in [-0.39, 0.29) is 5.75 Å². The van der Waals surface area contributed by atoms with Gasteiger partial charge in [-0.15, -0.1) is 0 Å². The van der Waals surface area contributed by atoms with Crippen molar-refractivity contribution in [1.29, 1.82) is 0 Å². The normalized spacial score (nSPS) is 11.3. The van der Waals surface area contributed by atoms with Crippen LogP contribution in [-0.2, 0) is 19.4 Å². The predicted octanol–water partition coefficient (Wildman–Crippen LogP) is 0.967. The Balaban J connectivity index is 2.59. The molecule has 0 aromatic heterocycles. The van der Waals surface area contributed by atoms with E-state index < -0.39 is 21.5 Å². The minimum absolute atomic E-state index is 0.0718. The Hall–Kier alpha value is -1.60. The fraction of sp³-hybridized carbons (Fsp3) is 0.462. The van der Waals surface area contributed by atoms with E-state index in [1.807, 2.05) is 6.92 Å². The first-order valence-corrected chi connectivity index (χ1v) is 8.01. The number of anilines is 2. The van der Waals surface area contributed by atoms with E-state index >= 15 is 0 Å². The van der Waals surface area contributed by atoms with Gasteiger partial charge in [-0.1, -0.05) is 6.07 Å². The largest absolute Gasteiger partial charge is 0.397 e. The molecule has 112 valence electrons. The summed E-state index contributed by atoms with van der Waals surface area (Å²) in [5, 5.41) is 2.51. The summed E-state index contributed by atoms with van der Waals surface area (Å²) < 4.78 is 28.2. The molecule has 0 heterocycles. The second-order valence-electron chi connectivity index (χ2n) is 4.58. The lowest BCUT2D eigenvalue weighted by Gasteiger charge is -2.09. The van der Waals surface area contributed by atoms with Crippen molar-refractivity contribution in [2.24, 2.45) is 0 Å². The van der Waals surface area contributed by atoms with E-state index in [1.165, 1.54) is 7.11 Å². The van der Waals surface area contributed by atoms with Gasteiger partial charge in [-0.25, -0.2) is 8.42 Å². The van der Waals surface area contributed by atoms with Crippen LogP contribution in [0.5, 0.6) is 0 Å². The lowest BCUT2D eigenvalue weighted by atomic mass is 10.2. The van der Waals surface area contributed by atoms with E-state index in [0.717, 1.165) is 5.56 Å². The molecule has 0 saturated heterocycles. The van der Waals surface area contributed by atoms with Crippen molar-refractivity contribution in [2.75, 3.05) is 36.3 Å². The van der Waals surface area contributed by atoms with Gasteiger partial charge in [-0.2, -0.15) is 0 Å². The maximum atomic E-state index is 11.7. The second-order valence-corrected chi connectivity index (χ2v) is 6.76. The van der Waals surface area contributed by atoms with Crippen molar-refractivity contribution in [1.82, 2.24) is 0 Å². The molecule has 20 heavy (non-hydrogen) atoms. The number of aryl methyl sites for hydroxylation is 1. The number of hydrogen-bond acceptors (Lipinski definition) is 5. The van der Waals surface area contributed by atoms with Crippen LogP contribution < -0.4 is 11.1 Å². The number of sulfone groups is 1. The van der Waals surface area contributed by atoms with Gasteiger partial charge in [-0.05, 0) is 31.0 Å². The maximum absolute atomic E-state index is 11.7. The van der Waals surface area contributed by atoms with Crippen LogP contribution in [0.2, 0.25) is 0 Å². The number of carbonyl (C=O) groups is 1. The first kappa shape index (κ1) is 16.5. The molecule has 0 saturated carbocycles. The zero-order chi connectivity index (χ0) is 15.2. The van der Waals surface area contributed by atoms with Crippen molar-refractivity contribution in [3.63, 3.8) is 0 Å². The number of carbonyl (C=O) groups excluding carboxylic acids is 1. The van der Waals surface area contributed by atoms with Crippen molar-refractivity contribution in [2.45, 2.75) is 13.3 Å². The monoisotopic (exact) mass is 300 g/mol. The van der Waals surface area contributed by atoms with E-state index in [1.54, 1.807) is 18.2 Å². The third-order valence-corrected chi connectivity index (χ3v) is 4.25. The van der Waals surface area contributed by atoms with E-state index in [2.05, 4.69) is 5.32 Å². The summed E-state index contributed by atoms with van der Waals surface area (Å²) in [5.41, 5.74) is 7.55. The number of nitrogens with two attached hydrogens (primary N) is 1. The summed E-state index contributed by atoms with van der Waals surface area (Å²) in [7, 11) is -1.93. The summed E-state index contributed by atoms with van der Waals surface area (Å²) in [4.78, 5) is 11.7. The first-order chi connectivity index (χ1) is 9.34. The summed E-state index contributed by atoms with van der Waals surface area (Å²) in [5.74, 6) is -1.21. The number of benzene rings is 1. The van der Waals surface area contributed by atoms with Gasteiger partial charge in [0.15, 0.2) is 9.84 Å². The Morgan fingerprint density at radius 3 is 2.70 bits per heavy atom. The molecule has 6 nitrogen and oxygen atoms in total. The van der Waals surface area contributed by atoms with Gasteiger partial charge < -0.3 is 15.8 Å². The number of rotatable bonds is 7. The SMILES string of the molecule is COCCCS(=O)(=O)CC(=O)Nc1ccc(C)cc1N. The van der Waals surface area contributed by atoms with E-state index in [4.69, 9.17) is 10.5 Å². The zero-order valence-electron chi connectivity index (χ0n) is 11.7. The highest BCUT2D eigenvalue weighted by Gasteiger charge is 2.17. The van der Waals surface area contributed by atoms with Crippen LogP contribution in [0.4, 0.5) is 11.4 Å². The molecule has 3 N–H and O–H groups in total. The van der Waals surface area contributed by atoms with Gasteiger partial charge in [0, 0.05) is 13.7 Å². The smallest absolute Gasteiger partial charge is 0.239 e. The molecule has 0 spiro atoms. The van der Waals surface area contributed by atoms with Gasteiger partial charge >= 0.3 is 0 Å². The molecule has 1 amide bonds. The quantitative estimate of drug-likeness (QED) is 0.577. The summed E-state index contributed by atoms with van der Waals surface area (Å²) >= 11 is 0. The summed E-state index contributed by atoms with van der Waals surface area (Å²) in [6.07, 6.45) is 0.374. The van der Waals surface area contributed by atoms with Crippen LogP contribution in [0.15, 0.2) is 18.2 Å². The van der Waals surface area contributed by atoms with E-state index in [0.29, 0.717) is 24.4 Å². The Morgan fingerprint density at radius 1 is 1.40 bits per heavy atom. The molecule has 0 fully saturated rings. The average Bonchev–Trinajstić information content (AvgIpc) is 2.32. The highest BCUT2D eigenvalue weighted by atomic mass is 32.2. The Kier molecular flexibility index (Phi) is 5.97. The Labute approximate surface area is 119 Å². The van der Waals surface area contributed by atoms with Gasteiger partial charge in [-0.3, -0.25) is 4.79 Å². The standard InChI is InChI=1S/C13H20N2O4S/c1-10-4-5-12(11(14)8-10)15-13(16)9-20(17,18)7-3-6-19-2/h4-5,8H,3,6-7,9,14H2,1-2H3,(H,15,16). The average molecular weight is 300 g/mol. The topological polar surface area (TPSA) is 98.5 Å². The molecule has 0 aliphatic carbocycles.